The molecule has 92 valence electrons. The molecule has 0 aromatic rings. The molecular weight excluding hydrogens is 202 g/mol. The van der Waals surface area contributed by atoms with Crippen LogP contribution >= 0.6 is 0 Å². The van der Waals surface area contributed by atoms with Gasteiger partial charge in [0, 0.05) is 13.1 Å². The molecule has 3 nitrogen and oxygen atoms in total. The van der Waals surface area contributed by atoms with Crippen molar-refractivity contribution in [2.45, 2.75) is 57.9 Å². The third-order valence-corrected chi connectivity index (χ3v) is 4.28. The Hall–Kier alpha value is -0.570. The number of aliphatic carboxylic acids is 1. The zero-order valence-electron chi connectivity index (χ0n) is 10.2. The van der Waals surface area contributed by atoms with Gasteiger partial charge < -0.3 is 5.11 Å². The van der Waals surface area contributed by atoms with E-state index >= 15 is 0 Å². The van der Waals surface area contributed by atoms with Gasteiger partial charge in [-0.15, -0.1) is 0 Å². The highest BCUT2D eigenvalue weighted by Gasteiger charge is 2.46. The number of rotatable bonds is 4. The van der Waals surface area contributed by atoms with Gasteiger partial charge in [0.1, 0.15) is 6.04 Å². The van der Waals surface area contributed by atoms with Crippen molar-refractivity contribution < 1.29 is 9.90 Å². The molecule has 1 spiro atoms. The van der Waals surface area contributed by atoms with E-state index in [1.165, 1.54) is 32.1 Å². The van der Waals surface area contributed by atoms with Gasteiger partial charge in [0.05, 0.1) is 0 Å². The quantitative estimate of drug-likeness (QED) is 0.799. The van der Waals surface area contributed by atoms with Crippen molar-refractivity contribution in [3.05, 3.63) is 0 Å². The lowest BCUT2D eigenvalue weighted by Gasteiger charge is -2.54. The maximum Gasteiger partial charge on any atom is 0.320 e. The summed E-state index contributed by atoms with van der Waals surface area (Å²) in [6.07, 6.45) is 8.47. The fraction of sp³-hybridized carbons (Fsp3) is 0.923. The van der Waals surface area contributed by atoms with E-state index in [1.807, 2.05) is 0 Å². The molecule has 16 heavy (non-hydrogen) atoms. The van der Waals surface area contributed by atoms with E-state index in [9.17, 15) is 9.90 Å². The standard InChI is InChI=1S/C13H23NO2/c1-2-6-11(12(15)16)14-9-13(10-14)7-4-3-5-8-13/h11H,2-10H2,1H3,(H,15,16). The van der Waals surface area contributed by atoms with Crippen LogP contribution in [0.3, 0.4) is 0 Å². The van der Waals surface area contributed by atoms with E-state index in [1.54, 1.807) is 0 Å². The Kier molecular flexibility index (Phi) is 3.53. The van der Waals surface area contributed by atoms with Crippen molar-refractivity contribution >= 4 is 5.97 Å². The number of carboxylic acid groups (broad SMARTS) is 1. The molecule has 0 amide bonds. The van der Waals surface area contributed by atoms with Gasteiger partial charge in [-0.1, -0.05) is 32.6 Å². The molecule has 2 aliphatic rings. The second kappa shape index (κ2) is 4.74. The van der Waals surface area contributed by atoms with Gasteiger partial charge in [-0.25, -0.2) is 0 Å². The first-order valence-corrected chi connectivity index (χ1v) is 6.64. The van der Waals surface area contributed by atoms with Crippen molar-refractivity contribution in [1.29, 1.82) is 0 Å². The predicted molar refractivity (Wildman–Crippen MR) is 63.4 cm³/mol. The van der Waals surface area contributed by atoms with Gasteiger partial charge in [-0.05, 0) is 24.7 Å². The van der Waals surface area contributed by atoms with Gasteiger partial charge in [-0.3, -0.25) is 9.69 Å². The summed E-state index contributed by atoms with van der Waals surface area (Å²) in [7, 11) is 0. The van der Waals surface area contributed by atoms with E-state index in [0.29, 0.717) is 5.41 Å². The molecule has 2 rings (SSSR count). The molecule has 3 heteroatoms. The first-order chi connectivity index (χ1) is 7.67. The maximum atomic E-state index is 11.2. The second-order valence-corrected chi connectivity index (χ2v) is 5.61. The number of carbonyl (C=O) groups is 1. The van der Waals surface area contributed by atoms with Crippen molar-refractivity contribution in [2.24, 2.45) is 5.41 Å². The molecule has 1 aliphatic heterocycles. The minimum absolute atomic E-state index is 0.224. The molecule has 0 bridgehead atoms. The zero-order valence-corrected chi connectivity index (χ0v) is 10.2. The summed E-state index contributed by atoms with van der Waals surface area (Å²) in [6.45, 7) is 4.13. The Labute approximate surface area is 97.8 Å². The van der Waals surface area contributed by atoms with Crippen molar-refractivity contribution in [2.75, 3.05) is 13.1 Å². The molecular formula is C13H23NO2. The molecule has 0 aromatic heterocycles. The first-order valence-electron chi connectivity index (χ1n) is 6.64. The molecule has 1 heterocycles. The molecule has 1 unspecified atom stereocenters. The number of nitrogens with zero attached hydrogens (tertiary/aromatic N) is 1. The Bertz CT molecular complexity index is 251. The molecule has 2 fully saturated rings. The normalized spacial score (nSPS) is 26.3. The summed E-state index contributed by atoms with van der Waals surface area (Å²) in [5.74, 6) is -0.632. The molecule has 1 saturated heterocycles. The Morgan fingerprint density at radius 2 is 1.94 bits per heavy atom. The van der Waals surface area contributed by atoms with Gasteiger partial charge >= 0.3 is 5.97 Å². The van der Waals surface area contributed by atoms with E-state index < -0.39 is 5.97 Å². The van der Waals surface area contributed by atoms with E-state index in [2.05, 4.69) is 11.8 Å². The minimum atomic E-state index is -0.632. The molecule has 1 aliphatic carbocycles. The third kappa shape index (κ3) is 2.24. The number of carboxylic acids is 1. The lowest BCUT2D eigenvalue weighted by molar-refractivity contribution is -0.151. The topological polar surface area (TPSA) is 40.5 Å². The van der Waals surface area contributed by atoms with Crippen molar-refractivity contribution in [3.63, 3.8) is 0 Å². The van der Waals surface area contributed by atoms with Crippen LogP contribution in [0, 0.1) is 5.41 Å². The van der Waals surface area contributed by atoms with Crippen LogP contribution < -0.4 is 0 Å². The lowest BCUT2D eigenvalue weighted by atomic mass is 9.68. The van der Waals surface area contributed by atoms with E-state index in [4.69, 9.17) is 0 Å². The predicted octanol–water partition coefficient (Wildman–Crippen LogP) is 2.51. The van der Waals surface area contributed by atoms with E-state index in [0.717, 1.165) is 25.9 Å². The van der Waals surface area contributed by atoms with Crippen LogP contribution in [0.25, 0.3) is 0 Å². The summed E-state index contributed by atoms with van der Waals surface area (Å²) in [5, 5.41) is 9.18. The molecule has 1 N–H and O–H groups in total. The smallest absolute Gasteiger partial charge is 0.320 e. The summed E-state index contributed by atoms with van der Waals surface area (Å²) < 4.78 is 0. The molecule has 1 saturated carbocycles. The van der Waals surface area contributed by atoms with Crippen LogP contribution in [-0.2, 0) is 4.79 Å². The van der Waals surface area contributed by atoms with Crippen molar-refractivity contribution in [3.8, 4) is 0 Å². The number of hydrogen-bond donors (Lipinski definition) is 1. The van der Waals surface area contributed by atoms with Gasteiger partial charge in [0.25, 0.3) is 0 Å². The Morgan fingerprint density at radius 3 is 2.44 bits per heavy atom. The average molecular weight is 225 g/mol. The number of hydrogen-bond acceptors (Lipinski definition) is 2. The zero-order chi connectivity index (χ0) is 11.6. The third-order valence-electron chi connectivity index (χ3n) is 4.28. The van der Waals surface area contributed by atoms with E-state index in [-0.39, 0.29) is 6.04 Å². The fourth-order valence-corrected chi connectivity index (χ4v) is 3.39. The van der Waals surface area contributed by atoms with Gasteiger partial charge in [-0.2, -0.15) is 0 Å². The summed E-state index contributed by atoms with van der Waals surface area (Å²) in [6, 6.07) is -0.224. The van der Waals surface area contributed by atoms with Crippen LogP contribution in [0.1, 0.15) is 51.9 Å². The minimum Gasteiger partial charge on any atom is -0.480 e. The Balaban J connectivity index is 1.87. The Morgan fingerprint density at radius 1 is 1.31 bits per heavy atom. The van der Waals surface area contributed by atoms with Crippen LogP contribution in [0.5, 0.6) is 0 Å². The van der Waals surface area contributed by atoms with Crippen LogP contribution in [0.2, 0.25) is 0 Å². The first kappa shape index (κ1) is 11.9. The van der Waals surface area contributed by atoms with Gasteiger partial charge in [0.15, 0.2) is 0 Å². The van der Waals surface area contributed by atoms with Crippen molar-refractivity contribution in [1.82, 2.24) is 4.90 Å². The summed E-state index contributed by atoms with van der Waals surface area (Å²) in [4.78, 5) is 13.3. The molecule has 1 atom stereocenters. The second-order valence-electron chi connectivity index (χ2n) is 5.61. The molecule has 0 aromatic carbocycles. The maximum absolute atomic E-state index is 11.2. The van der Waals surface area contributed by atoms with Crippen LogP contribution in [0.15, 0.2) is 0 Å². The summed E-state index contributed by atoms with van der Waals surface area (Å²) >= 11 is 0. The van der Waals surface area contributed by atoms with Crippen LogP contribution in [0.4, 0.5) is 0 Å². The fourth-order valence-electron chi connectivity index (χ4n) is 3.39. The lowest BCUT2D eigenvalue weighted by Crippen LogP contribution is -2.62. The highest BCUT2D eigenvalue weighted by atomic mass is 16.4. The SMILES string of the molecule is CCCC(C(=O)O)N1CC2(CCCCC2)C1. The highest BCUT2D eigenvalue weighted by molar-refractivity contribution is 5.73. The highest BCUT2D eigenvalue weighted by Crippen LogP contribution is 2.44. The number of likely N-dealkylation sites (tertiary alicyclic amines) is 1. The monoisotopic (exact) mass is 225 g/mol. The average Bonchev–Trinajstić information content (AvgIpc) is 2.23. The molecule has 0 radical (unpaired) electrons. The largest absolute Gasteiger partial charge is 0.480 e. The van der Waals surface area contributed by atoms with Gasteiger partial charge in [0.2, 0.25) is 0 Å². The van der Waals surface area contributed by atoms with Crippen LogP contribution in [-0.4, -0.2) is 35.1 Å². The summed E-state index contributed by atoms with van der Waals surface area (Å²) in [5.41, 5.74) is 0.500.